The molecule has 1 aliphatic heterocycles. The predicted octanol–water partition coefficient (Wildman–Crippen LogP) is 3.21. The van der Waals surface area contributed by atoms with E-state index in [9.17, 15) is 4.79 Å². The van der Waals surface area contributed by atoms with Crippen LogP contribution in [0.2, 0.25) is 0 Å². The van der Waals surface area contributed by atoms with Gasteiger partial charge in [-0.25, -0.2) is 4.79 Å². The molecule has 0 unspecified atom stereocenters. The number of carbonyl (C=O) groups excluding carboxylic acids is 1. The number of nitrogens with zero attached hydrogens (tertiary/aromatic N) is 1. The Morgan fingerprint density at radius 3 is 2.67 bits per heavy atom. The fourth-order valence-electron chi connectivity index (χ4n) is 3.44. The number of aryl methyl sites for hydroxylation is 1. The summed E-state index contributed by atoms with van der Waals surface area (Å²) in [5, 5.41) is 3.11. The van der Waals surface area contributed by atoms with Crippen molar-refractivity contribution < 1.29 is 9.53 Å². The molecule has 1 saturated heterocycles. The average Bonchev–Trinajstić information content (AvgIpc) is 2.46. The number of hydrogen-bond acceptors (Lipinski definition) is 2. The molecule has 4 heteroatoms. The summed E-state index contributed by atoms with van der Waals surface area (Å²) in [6.45, 7) is 5.34. The molecule has 2 atom stereocenters. The fraction of sp³-hybridized carbons (Fsp3) is 0.588. The molecule has 3 rings (SSSR count). The SMILES string of the molecule is C[C@@H]1CN(C(=O)Nc2cccc3c2CCCC3)C[C@H](C)O1. The molecule has 0 saturated carbocycles. The van der Waals surface area contributed by atoms with Gasteiger partial charge >= 0.3 is 6.03 Å². The minimum Gasteiger partial charge on any atom is -0.372 e. The highest BCUT2D eigenvalue weighted by atomic mass is 16.5. The van der Waals surface area contributed by atoms with Crippen molar-refractivity contribution in [2.45, 2.75) is 51.7 Å². The molecule has 4 nitrogen and oxygen atoms in total. The third kappa shape index (κ3) is 3.21. The van der Waals surface area contributed by atoms with Crippen LogP contribution in [-0.4, -0.2) is 36.2 Å². The van der Waals surface area contributed by atoms with Gasteiger partial charge in [0.15, 0.2) is 0 Å². The topological polar surface area (TPSA) is 41.6 Å². The van der Waals surface area contributed by atoms with E-state index in [4.69, 9.17) is 4.74 Å². The Morgan fingerprint density at radius 2 is 1.90 bits per heavy atom. The molecule has 1 aliphatic carbocycles. The van der Waals surface area contributed by atoms with E-state index >= 15 is 0 Å². The molecule has 0 bridgehead atoms. The van der Waals surface area contributed by atoms with Crippen LogP contribution in [0.15, 0.2) is 18.2 Å². The number of amides is 2. The van der Waals surface area contributed by atoms with E-state index in [2.05, 4.69) is 11.4 Å². The molecular formula is C17H24N2O2. The van der Waals surface area contributed by atoms with Gasteiger partial charge in [0.25, 0.3) is 0 Å². The van der Waals surface area contributed by atoms with Crippen molar-refractivity contribution in [3.8, 4) is 0 Å². The third-order valence-electron chi connectivity index (χ3n) is 4.34. The molecule has 1 N–H and O–H groups in total. The number of morpholine rings is 1. The fourth-order valence-corrected chi connectivity index (χ4v) is 3.44. The first-order valence-corrected chi connectivity index (χ1v) is 7.95. The first-order chi connectivity index (χ1) is 10.1. The van der Waals surface area contributed by atoms with Gasteiger partial charge in [-0.2, -0.15) is 0 Å². The Labute approximate surface area is 126 Å². The maximum Gasteiger partial charge on any atom is 0.322 e. The maximum atomic E-state index is 12.5. The molecule has 0 aromatic heterocycles. The summed E-state index contributed by atoms with van der Waals surface area (Å²) in [6, 6.07) is 6.25. The molecule has 2 amide bonds. The van der Waals surface area contributed by atoms with Crippen molar-refractivity contribution in [2.75, 3.05) is 18.4 Å². The van der Waals surface area contributed by atoms with Crippen molar-refractivity contribution in [3.05, 3.63) is 29.3 Å². The second-order valence-electron chi connectivity index (χ2n) is 6.24. The highest BCUT2D eigenvalue weighted by Gasteiger charge is 2.26. The van der Waals surface area contributed by atoms with Crippen molar-refractivity contribution in [1.29, 1.82) is 0 Å². The van der Waals surface area contributed by atoms with E-state index in [0.29, 0.717) is 13.1 Å². The number of fused-ring (bicyclic) bond motifs is 1. The van der Waals surface area contributed by atoms with E-state index in [-0.39, 0.29) is 18.2 Å². The second-order valence-corrected chi connectivity index (χ2v) is 6.24. The summed E-state index contributed by atoms with van der Waals surface area (Å²) >= 11 is 0. The summed E-state index contributed by atoms with van der Waals surface area (Å²) in [4.78, 5) is 14.4. The summed E-state index contributed by atoms with van der Waals surface area (Å²) in [5.41, 5.74) is 3.71. The van der Waals surface area contributed by atoms with E-state index in [1.807, 2.05) is 30.9 Å². The second kappa shape index (κ2) is 6.06. The standard InChI is InChI=1S/C17H24N2O2/c1-12-10-19(11-13(2)21-12)17(20)18-16-9-5-7-14-6-3-4-8-15(14)16/h5,7,9,12-13H,3-4,6,8,10-11H2,1-2H3,(H,18,20)/t12-,13+. The molecule has 1 fully saturated rings. The van der Waals surface area contributed by atoms with Gasteiger partial charge in [-0.1, -0.05) is 12.1 Å². The van der Waals surface area contributed by atoms with E-state index < -0.39 is 0 Å². The lowest BCUT2D eigenvalue weighted by Gasteiger charge is -2.35. The van der Waals surface area contributed by atoms with Gasteiger partial charge in [-0.3, -0.25) is 0 Å². The number of rotatable bonds is 1. The quantitative estimate of drug-likeness (QED) is 0.862. The molecule has 1 aromatic carbocycles. The molecule has 0 radical (unpaired) electrons. The molecule has 1 heterocycles. The number of carbonyl (C=O) groups is 1. The minimum absolute atomic E-state index is 0.00373. The van der Waals surface area contributed by atoms with Crippen LogP contribution in [0.5, 0.6) is 0 Å². The van der Waals surface area contributed by atoms with Crippen LogP contribution in [0.4, 0.5) is 10.5 Å². The third-order valence-corrected chi connectivity index (χ3v) is 4.34. The van der Waals surface area contributed by atoms with Gasteiger partial charge in [0.2, 0.25) is 0 Å². The van der Waals surface area contributed by atoms with E-state index in [1.165, 1.54) is 24.0 Å². The Kier molecular flexibility index (Phi) is 4.15. The maximum absolute atomic E-state index is 12.5. The summed E-state index contributed by atoms with van der Waals surface area (Å²) in [7, 11) is 0. The molecule has 0 spiro atoms. The van der Waals surface area contributed by atoms with Crippen LogP contribution in [0.25, 0.3) is 0 Å². The highest BCUT2D eigenvalue weighted by Crippen LogP contribution is 2.28. The van der Waals surface area contributed by atoms with Gasteiger partial charge in [0.1, 0.15) is 0 Å². The van der Waals surface area contributed by atoms with E-state index in [0.717, 1.165) is 18.5 Å². The lowest BCUT2D eigenvalue weighted by atomic mass is 9.90. The summed E-state index contributed by atoms with van der Waals surface area (Å²) < 4.78 is 5.69. The molecule has 2 aliphatic rings. The number of ether oxygens (including phenoxy) is 1. The van der Waals surface area contributed by atoms with Crippen LogP contribution in [0, 0.1) is 0 Å². The van der Waals surface area contributed by atoms with Crippen LogP contribution in [-0.2, 0) is 17.6 Å². The molecule has 21 heavy (non-hydrogen) atoms. The molecular weight excluding hydrogens is 264 g/mol. The van der Waals surface area contributed by atoms with Gasteiger partial charge in [-0.05, 0) is 56.7 Å². The number of urea groups is 1. The highest BCUT2D eigenvalue weighted by molar-refractivity contribution is 5.90. The predicted molar refractivity (Wildman–Crippen MR) is 83.7 cm³/mol. The Morgan fingerprint density at radius 1 is 1.19 bits per heavy atom. The minimum atomic E-state index is -0.00373. The average molecular weight is 288 g/mol. The van der Waals surface area contributed by atoms with Gasteiger partial charge < -0.3 is 15.0 Å². The van der Waals surface area contributed by atoms with Crippen molar-refractivity contribution in [1.82, 2.24) is 4.90 Å². The normalized spacial score (nSPS) is 25.3. The zero-order chi connectivity index (χ0) is 14.8. The van der Waals surface area contributed by atoms with E-state index in [1.54, 1.807) is 0 Å². The van der Waals surface area contributed by atoms with Crippen LogP contribution in [0.3, 0.4) is 0 Å². The Bertz CT molecular complexity index is 520. The van der Waals surface area contributed by atoms with Crippen LogP contribution < -0.4 is 5.32 Å². The van der Waals surface area contributed by atoms with Gasteiger partial charge in [0, 0.05) is 18.8 Å². The first kappa shape index (κ1) is 14.4. The lowest BCUT2D eigenvalue weighted by Crippen LogP contribution is -2.49. The number of anilines is 1. The Hall–Kier alpha value is -1.55. The lowest BCUT2D eigenvalue weighted by molar-refractivity contribution is -0.0530. The van der Waals surface area contributed by atoms with Crippen LogP contribution in [0.1, 0.15) is 37.8 Å². The monoisotopic (exact) mass is 288 g/mol. The summed E-state index contributed by atoms with van der Waals surface area (Å²) in [5.74, 6) is 0. The zero-order valence-electron chi connectivity index (χ0n) is 12.9. The largest absolute Gasteiger partial charge is 0.372 e. The molecule has 114 valence electrons. The number of benzene rings is 1. The van der Waals surface area contributed by atoms with Crippen molar-refractivity contribution in [3.63, 3.8) is 0 Å². The first-order valence-electron chi connectivity index (χ1n) is 7.95. The van der Waals surface area contributed by atoms with Gasteiger partial charge in [-0.15, -0.1) is 0 Å². The van der Waals surface area contributed by atoms with Crippen molar-refractivity contribution in [2.24, 2.45) is 0 Å². The number of hydrogen-bond donors (Lipinski definition) is 1. The Balaban J connectivity index is 1.73. The number of nitrogens with one attached hydrogen (secondary N) is 1. The van der Waals surface area contributed by atoms with Gasteiger partial charge in [0.05, 0.1) is 12.2 Å². The van der Waals surface area contributed by atoms with Crippen molar-refractivity contribution >= 4 is 11.7 Å². The zero-order valence-corrected chi connectivity index (χ0v) is 12.9. The summed E-state index contributed by atoms with van der Waals surface area (Å²) in [6.07, 6.45) is 4.87. The molecule has 1 aromatic rings. The smallest absolute Gasteiger partial charge is 0.322 e. The van der Waals surface area contributed by atoms with Crippen LogP contribution >= 0.6 is 0 Å².